The van der Waals surface area contributed by atoms with E-state index in [9.17, 15) is 0 Å². The molecule has 1 aliphatic rings. The SMILES string of the molecule is CN1CC(NCc2ccc(C#N)s2)C1. The molecule has 1 aliphatic heterocycles. The smallest absolute Gasteiger partial charge is 0.110 e. The highest BCUT2D eigenvalue weighted by Gasteiger charge is 2.21. The van der Waals surface area contributed by atoms with Crippen LogP contribution in [0.15, 0.2) is 12.1 Å². The van der Waals surface area contributed by atoms with Crippen molar-refractivity contribution in [2.24, 2.45) is 0 Å². The molecule has 2 heterocycles. The highest BCUT2D eigenvalue weighted by Crippen LogP contribution is 2.15. The van der Waals surface area contributed by atoms with Crippen molar-refractivity contribution in [3.63, 3.8) is 0 Å². The summed E-state index contributed by atoms with van der Waals surface area (Å²) in [5.74, 6) is 0. The number of hydrogen-bond acceptors (Lipinski definition) is 4. The van der Waals surface area contributed by atoms with Gasteiger partial charge in [-0.15, -0.1) is 11.3 Å². The zero-order chi connectivity index (χ0) is 9.97. The number of nitrogens with zero attached hydrogens (tertiary/aromatic N) is 2. The van der Waals surface area contributed by atoms with Gasteiger partial charge in [-0.25, -0.2) is 0 Å². The number of hydrogen-bond donors (Lipinski definition) is 1. The van der Waals surface area contributed by atoms with Gasteiger partial charge >= 0.3 is 0 Å². The second-order valence-electron chi connectivity index (χ2n) is 3.68. The van der Waals surface area contributed by atoms with Gasteiger partial charge in [-0.05, 0) is 19.2 Å². The maximum atomic E-state index is 8.65. The van der Waals surface area contributed by atoms with Gasteiger partial charge in [0.2, 0.25) is 0 Å². The Bertz CT molecular complexity index is 346. The maximum Gasteiger partial charge on any atom is 0.110 e. The molecule has 1 aromatic heterocycles. The lowest BCUT2D eigenvalue weighted by Gasteiger charge is -2.36. The molecule has 74 valence electrons. The molecule has 0 saturated carbocycles. The Morgan fingerprint density at radius 1 is 1.64 bits per heavy atom. The summed E-state index contributed by atoms with van der Waals surface area (Å²) in [7, 11) is 2.12. The predicted molar refractivity (Wildman–Crippen MR) is 57.2 cm³/mol. The van der Waals surface area contributed by atoms with Crippen LogP contribution in [0.2, 0.25) is 0 Å². The van der Waals surface area contributed by atoms with Gasteiger partial charge in [-0.1, -0.05) is 0 Å². The molecule has 1 N–H and O–H groups in total. The first-order chi connectivity index (χ1) is 6.78. The van der Waals surface area contributed by atoms with Crippen LogP contribution in [0.3, 0.4) is 0 Å². The molecule has 1 fully saturated rings. The molecule has 1 aromatic rings. The van der Waals surface area contributed by atoms with Gasteiger partial charge in [0, 0.05) is 30.6 Å². The van der Waals surface area contributed by atoms with Crippen molar-refractivity contribution in [3.8, 4) is 6.07 Å². The average molecular weight is 207 g/mol. The summed E-state index contributed by atoms with van der Waals surface area (Å²) >= 11 is 1.57. The van der Waals surface area contributed by atoms with Crippen molar-refractivity contribution in [2.45, 2.75) is 12.6 Å². The van der Waals surface area contributed by atoms with Gasteiger partial charge in [-0.3, -0.25) is 0 Å². The lowest BCUT2D eigenvalue weighted by atomic mass is 10.1. The molecular weight excluding hydrogens is 194 g/mol. The number of likely N-dealkylation sites (N-methyl/N-ethyl adjacent to an activating group) is 1. The minimum Gasteiger partial charge on any atom is -0.307 e. The van der Waals surface area contributed by atoms with Gasteiger partial charge in [0.1, 0.15) is 10.9 Å². The fourth-order valence-corrected chi connectivity index (χ4v) is 2.36. The fourth-order valence-electron chi connectivity index (χ4n) is 1.61. The molecule has 0 aliphatic carbocycles. The average Bonchev–Trinajstić information content (AvgIpc) is 2.58. The van der Waals surface area contributed by atoms with Crippen LogP contribution >= 0.6 is 11.3 Å². The molecule has 0 radical (unpaired) electrons. The van der Waals surface area contributed by atoms with E-state index in [0.29, 0.717) is 6.04 Å². The Morgan fingerprint density at radius 2 is 2.43 bits per heavy atom. The Hall–Kier alpha value is -0.890. The van der Waals surface area contributed by atoms with Gasteiger partial charge in [-0.2, -0.15) is 5.26 Å². The first-order valence-electron chi connectivity index (χ1n) is 4.68. The van der Waals surface area contributed by atoms with Crippen LogP contribution in [-0.4, -0.2) is 31.1 Å². The molecule has 0 bridgehead atoms. The van der Waals surface area contributed by atoms with Crippen LogP contribution in [0.5, 0.6) is 0 Å². The summed E-state index contributed by atoms with van der Waals surface area (Å²) in [5, 5.41) is 12.1. The predicted octanol–water partition coefficient (Wildman–Crippen LogP) is 1.02. The summed E-state index contributed by atoms with van der Waals surface area (Å²) in [6.45, 7) is 3.16. The lowest BCUT2D eigenvalue weighted by molar-refractivity contribution is 0.161. The van der Waals surface area contributed by atoms with Crippen molar-refractivity contribution < 1.29 is 0 Å². The molecule has 2 rings (SSSR count). The highest BCUT2D eigenvalue weighted by atomic mass is 32.1. The zero-order valence-corrected chi connectivity index (χ0v) is 8.97. The molecule has 3 nitrogen and oxygen atoms in total. The Balaban J connectivity index is 1.78. The van der Waals surface area contributed by atoms with Crippen LogP contribution in [0.25, 0.3) is 0 Å². The van der Waals surface area contributed by atoms with Crippen molar-refractivity contribution in [1.29, 1.82) is 5.26 Å². The topological polar surface area (TPSA) is 39.1 Å². The largest absolute Gasteiger partial charge is 0.307 e. The number of thiophene rings is 1. The zero-order valence-electron chi connectivity index (χ0n) is 8.16. The van der Waals surface area contributed by atoms with Crippen molar-refractivity contribution in [1.82, 2.24) is 10.2 Å². The molecule has 1 saturated heterocycles. The molecule has 0 aromatic carbocycles. The van der Waals surface area contributed by atoms with Crippen LogP contribution in [-0.2, 0) is 6.54 Å². The van der Waals surface area contributed by atoms with E-state index in [4.69, 9.17) is 5.26 Å². The first-order valence-corrected chi connectivity index (χ1v) is 5.50. The third kappa shape index (κ3) is 2.13. The number of likely N-dealkylation sites (tertiary alicyclic amines) is 1. The van der Waals surface area contributed by atoms with Crippen molar-refractivity contribution in [3.05, 3.63) is 21.9 Å². The van der Waals surface area contributed by atoms with Gasteiger partial charge in [0.05, 0.1) is 0 Å². The number of rotatable bonds is 3. The van der Waals surface area contributed by atoms with Crippen LogP contribution in [0.1, 0.15) is 9.75 Å². The second-order valence-corrected chi connectivity index (χ2v) is 4.85. The first kappa shape index (κ1) is 9.66. The third-order valence-corrected chi connectivity index (χ3v) is 3.39. The standard InChI is InChI=1S/C10H13N3S/c1-13-6-8(7-13)12-5-10-3-2-9(4-11)14-10/h2-3,8,12H,5-7H2,1H3. The highest BCUT2D eigenvalue weighted by molar-refractivity contribution is 7.12. The van der Waals surface area contributed by atoms with E-state index < -0.39 is 0 Å². The fraction of sp³-hybridized carbons (Fsp3) is 0.500. The van der Waals surface area contributed by atoms with Crippen molar-refractivity contribution >= 4 is 11.3 Å². The summed E-state index contributed by atoms with van der Waals surface area (Å²) in [6, 6.07) is 6.69. The maximum absolute atomic E-state index is 8.65. The van der Waals surface area contributed by atoms with Gasteiger partial charge < -0.3 is 10.2 Å². The normalized spacial score (nSPS) is 17.7. The van der Waals surface area contributed by atoms with Crippen LogP contribution in [0.4, 0.5) is 0 Å². The van der Waals surface area contributed by atoms with Crippen LogP contribution < -0.4 is 5.32 Å². The number of nitriles is 1. The Morgan fingerprint density at radius 3 is 3.00 bits per heavy atom. The summed E-state index contributed by atoms with van der Waals surface area (Å²) < 4.78 is 0. The van der Waals surface area contributed by atoms with Gasteiger partial charge in [0.25, 0.3) is 0 Å². The summed E-state index contributed by atoms with van der Waals surface area (Å²) in [4.78, 5) is 4.33. The lowest BCUT2D eigenvalue weighted by Crippen LogP contribution is -2.55. The Labute approximate surface area is 88.0 Å². The van der Waals surface area contributed by atoms with Crippen LogP contribution in [0, 0.1) is 11.3 Å². The van der Waals surface area contributed by atoms with E-state index >= 15 is 0 Å². The Kier molecular flexibility index (Phi) is 2.82. The van der Waals surface area contributed by atoms with Crippen molar-refractivity contribution in [2.75, 3.05) is 20.1 Å². The summed E-state index contributed by atoms with van der Waals surface area (Å²) in [6.07, 6.45) is 0. The summed E-state index contributed by atoms with van der Waals surface area (Å²) in [5.41, 5.74) is 0. The molecule has 0 amide bonds. The van der Waals surface area contributed by atoms with E-state index in [1.165, 1.54) is 4.88 Å². The monoisotopic (exact) mass is 207 g/mol. The second kappa shape index (κ2) is 4.09. The molecule has 14 heavy (non-hydrogen) atoms. The molecule has 0 atom stereocenters. The number of nitrogens with one attached hydrogen (secondary N) is 1. The van der Waals surface area contributed by atoms with Gasteiger partial charge in [0.15, 0.2) is 0 Å². The minimum atomic E-state index is 0.632. The quantitative estimate of drug-likeness (QED) is 0.804. The van der Waals surface area contributed by atoms with E-state index in [0.717, 1.165) is 24.5 Å². The molecular formula is C10H13N3S. The molecule has 0 unspecified atom stereocenters. The van der Waals surface area contributed by atoms with E-state index in [1.807, 2.05) is 12.1 Å². The molecule has 0 spiro atoms. The molecule has 4 heteroatoms. The van der Waals surface area contributed by atoms with E-state index in [-0.39, 0.29) is 0 Å². The van der Waals surface area contributed by atoms with E-state index in [1.54, 1.807) is 11.3 Å². The van der Waals surface area contributed by atoms with E-state index in [2.05, 4.69) is 23.3 Å². The third-order valence-electron chi connectivity index (χ3n) is 2.40. The minimum absolute atomic E-state index is 0.632.